The second-order valence-corrected chi connectivity index (χ2v) is 11.8. The van der Waals surface area contributed by atoms with E-state index in [0.29, 0.717) is 22.9 Å². The molecule has 244 valence electrons. The summed E-state index contributed by atoms with van der Waals surface area (Å²) in [5.41, 5.74) is 1.69. The Morgan fingerprint density at radius 1 is 0.957 bits per heavy atom. The Labute approximate surface area is 272 Å². The number of likely N-dealkylation sites (N-methyl/N-ethyl adjacent to an activating group) is 1. The maximum Gasteiger partial charge on any atom is 0.323 e. The molecular weight excluding hydrogens is 602 g/mol. The molecule has 0 radical (unpaired) electrons. The summed E-state index contributed by atoms with van der Waals surface area (Å²) in [4.78, 5) is 43.6. The third kappa shape index (κ3) is 6.73. The van der Waals surface area contributed by atoms with Crippen LogP contribution >= 0.6 is 0 Å². The standard InChI is InChI=1S/C35H37N5O7/c1-21-17-40(22(2)19-41)33(42)26-11-7-13-28(38-34(43)37-27-12-6-9-23-8-4-5-10-25(23)27)32(26)47-31(21)18-39(3)35(44)36-24-14-15-29-30(16-24)46-20-45-29/h4-16,21-22,31,41H,17-20H2,1-3H3,(H,36,44)(H2,37,38,43)/t21-,22-,31-/m0/s1. The van der Waals surface area contributed by atoms with E-state index in [1.807, 2.05) is 49.4 Å². The zero-order valence-corrected chi connectivity index (χ0v) is 26.4. The van der Waals surface area contributed by atoms with Gasteiger partial charge in [0.15, 0.2) is 17.2 Å². The first-order chi connectivity index (χ1) is 22.7. The minimum Gasteiger partial charge on any atom is -0.485 e. The molecule has 4 aromatic carbocycles. The topological polar surface area (TPSA) is 142 Å². The van der Waals surface area contributed by atoms with Crippen LogP contribution in [0.5, 0.6) is 17.2 Å². The van der Waals surface area contributed by atoms with E-state index in [1.165, 1.54) is 4.90 Å². The molecule has 12 nitrogen and oxygen atoms in total. The maximum atomic E-state index is 13.8. The number of nitrogens with zero attached hydrogens (tertiary/aromatic N) is 2. The number of amides is 5. The maximum absolute atomic E-state index is 13.8. The minimum absolute atomic E-state index is 0.126. The molecule has 0 unspecified atom stereocenters. The second-order valence-electron chi connectivity index (χ2n) is 11.8. The van der Waals surface area contributed by atoms with Gasteiger partial charge in [0.2, 0.25) is 6.79 Å². The van der Waals surface area contributed by atoms with Gasteiger partial charge in [-0.1, -0.05) is 49.4 Å². The van der Waals surface area contributed by atoms with Gasteiger partial charge in [-0.05, 0) is 42.6 Å². The van der Waals surface area contributed by atoms with Crippen LogP contribution in [0.1, 0.15) is 24.2 Å². The van der Waals surface area contributed by atoms with Gasteiger partial charge >= 0.3 is 12.1 Å². The van der Waals surface area contributed by atoms with Gasteiger partial charge < -0.3 is 45.1 Å². The highest BCUT2D eigenvalue weighted by Crippen LogP contribution is 2.36. The number of nitrogens with one attached hydrogen (secondary N) is 3. The Morgan fingerprint density at radius 2 is 1.68 bits per heavy atom. The number of hydrogen-bond donors (Lipinski definition) is 4. The van der Waals surface area contributed by atoms with Crippen molar-refractivity contribution < 1.29 is 33.7 Å². The molecule has 0 fully saturated rings. The molecule has 0 saturated carbocycles. The lowest BCUT2D eigenvalue weighted by molar-refractivity contribution is 0.0373. The monoisotopic (exact) mass is 639 g/mol. The van der Waals surface area contributed by atoms with Gasteiger partial charge in [-0.15, -0.1) is 0 Å². The Hall–Kier alpha value is -5.49. The van der Waals surface area contributed by atoms with Gasteiger partial charge in [0.25, 0.3) is 5.91 Å². The fourth-order valence-corrected chi connectivity index (χ4v) is 5.72. The fraction of sp³-hybridized carbons (Fsp3) is 0.286. The van der Waals surface area contributed by atoms with Crippen molar-refractivity contribution in [3.63, 3.8) is 0 Å². The normalized spacial score (nSPS) is 17.5. The number of carbonyl (C=O) groups is 3. The van der Waals surface area contributed by atoms with Crippen molar-refractivity contribution in [1.29, 1.82) is 0 Å². The molecular formula is C35H37N5O7. The van der Waals surface area contributed by atoms with Crippen LogP contribution in [0, 0.1) is 5.92 Å². The number of para-hydroxylation sites is 1. The molecule has 2 aliphatic heterocycles. The number of aliphatic hydroxyl groups excluding tert-OH is 1. The van der Waals surface area contributed by atoms with E-state index in [2.05, 4.69) is 16.0 Å². The van der Waals surface area contributed by atoms with Crippen LogP contribution in [0.3, 0.4) is 0 Å². The molecule has 0 saturated heterocycles. The average molecular weight is 640 g/mol. The largest absolute Gasteiger partial charge is 0.485 e. The number of aliphatic hydroxyl groups is 1. The van der Waals surface area contributed by atoms with E-state index in [-0.39, 0.29) is 61.3 Å². The summed E-state index contributed by atoms with van der Waals surface area (Å²) in [7, 11) is 1.65. The summed E-state index contributed by atoms with van der Waals surface area (Å²) in [5, 5.41) is 20.5. The molecule has 4 N–H and O–H groups in total. The average Bonchev–Trinajstić information content (AvgIpc) is 3.54. The summed E-state index contributed by atoms with van der Waals surface area (Å²) < 4.78 is 17.3. The number of hydrogen-bond acceptors (Lipinski definition) is 7. The van der Waals surface area contributed by atoms with Crippen molar-refractivity contribution in [3.8, 4) is 17.2 Å². The van der Waals surface area contributed by atoms with Gasteiger partial charge in [0.1, 0.15) is 6.10 Å². The van der Waals surface area contributed by atoms with Crippen molar-refractivity contribution in [2.24, 2.45) is 5.92 Å². The zero-order valence-electron chi connectivity index (χ0n) is 26.4. The molecule has 3 atom stereocenters. The van der Waals surface area contributed by atoms with Crippen molar-refractivity contribution in [2.75, 3.05) is 49.5 Å². The quantitative estimate of drug-likeness (QED) is 0.206. The smallest absolute Gasteiger partial charge is 0.323 e. The number of urea groups is 2. The molecule has 5 amide bonds. The van der Waals surface area contributed by atoms with Gasteiger partial charge in [0, 0.05) is 36.7 Å². The lowest BCUT2D eigenvalue weighted by Crippen LogP contribution is -2.50. The van der Waals surface area contributed by atoms with Crippen LogP contribution in [0.2, 0.25) is 0 Å². The van der Waals surface area contributed by atoms with Crippen molar-refractivity contribution in [2.45, 2.75) is 26.0 Å². The van der Waals surface area contributed by atoms with Crippen molar-refractivity contribution in [1.82, 2.24) is 9.80 Å². The summed E-state index contributed by atoms with van der Waals surface area (Å²) in [5.74, 6) is 0.740. The Balaban J connectivity index is 1.25. The molecule has 6 rings (SSSR count). The van der Waals surface area contributed by atoms with Gasteiger partial charge in [0.05, 0.1) is 36.1 Å². The SMILES string of the molecule is C[C@H]1CN([C@@H](C)CO)C(=O)c2cccc(NC(=O)Nc3cccc4ccccc34)c2O[C@H]1CN(C)C(=O)Nc1ccc2c(c1)OCO2. The van der Waals surface area contributed by atoms with E-state index < -0.39 is 18.2 Å². The summed E-state index contributed by atoms with van der Waals surface area (Å²) in [6.45, 7) is 4.02. The summed E-state index contributed by atoms with van der Waals surface area (Å²) >= 11 is 0. The second kappa shape index (κ2) is 13.5. The Bertz CT molecular complexity index is 1810. The first-order valence-corrected chi connectivity index (χ1v) is 15.4. The van der Waals surface area contributed by atoms with Crippen LogP contribution in [-0.4, -0.2) is 78.6 Å². The molecule has 0 bridgehead atoms. The van der Waals surface area contributed by atoms with E-state index in [1.54, 1.807) is 55.3 Å². The number of fused-ring (bicyclic) bond motifs is 3. The molecule has 47 heavy (non-hydrogen) atoms. The van der Waals surface area contributed by atoms with Crippen LogP contribution in [0.25, 0.3) is 10.8 Å². The predicted molar refractivity (Wildman–Crippen MR) is 178 cm³/mol. The van der Waals surface area contributed by atoms with Crippen LogP contribution in [-0.2, 0) is 0 Å². The molecule has 12 heteroatoms. The minimum atomic E-state index is -0.591. The van der Waals surface area contributed by atoms with E-state index in [4.69, 9.17) is 14.2 Å². The van der Waals surface area contributed by atoms with Crippen molar-refractivity contribution in [3.05, 3.63) is 84.4 Å². The molecule has 4 aromatic rings. The first-order valence-electron chi connectivity index (χ1n) is 15.4. The molecule has 2 heterocycles. The fourth-order valence-electron chi connectivity index (χ4n) is 5.72. The Kier molecular flexibility index (Phi) is 9.03. The first kappa shape index (κ1) is 31.5. The van der Waals surface area contributed by atoms with Crippen LogP contribution < -0.4 is 30.2 Å². The number of anilines is 3. The van der Waals surface area contributed by atoms with E-state index >= 15 is 0 Å². The zero-order chi connectivity index (χ0) is 33.1. The van der Waals surface area contributed by atoms with Gasteiger partial charge in [-0.2, -0.15) is 0 Å². The molecule has 2 aliphatic rings. The lowest BCUT2D eigenvalue weighted by atomic mass is 9.99. The third-order valence-corrected chi connectivity index (χ3v) is 8.40. The number of rotatable bonds is 7. The number of benzene rings is 4. The van der Waals surface area contributed by atoms with Gasteiger partial charge in [-0.25, -0.2) is 9.59 Å². The number of carbonyl (C=O) groups excluding carboxylic acids is 3. The highest BCUT2D eigenvalue weighted by Gasteiger charge is 2.35. The van der Waals surface area contributed by atoms with E-state index in [0.717, 1.165) is 10.8 Å². The van der Waals surface area contributed by atoms with Crippen LogP contribution in [0.15, 0.2) is 78.9 Å². The molecule has 0 spiro atoms. The van der Waals surface area contributed by atoms with E-state index in [9.17, 15) is 19.5 Å². The summed E-state index contributed by atoms with van der Waals surface area (Å²) in [6, 6.07) is 22.1. The molecule has 0 aliphatic carbocycles. The van der Waals surface area contributed by atoms with Gasteiger partial charge in [-0.3, -0.25) is 4.79 Å². The Morgan fingerprint density at radius 3 is 2.51 bits per heavy atom. The highest BCUT2D eigenvalue weighted by molar-refractivity contribution is 6.08. The predicted octanol–water partition coefficient (Wildman–Crippen LogP) is 5.60. The molecule has 0 aromatic heterocycles. The summed E-state index contributed by atoms with van der Waals surface area (Å²) in [6.07, 6.45) is -0.591. The lowest BCUT2D eigenvalue weighted by Gasteiger charge is -2.38. The van der Waals surface area contributed by atoms with Crippen molar-refractivity contribution >= 4 is 45.8 Å². The highest BCUT2D eigenvalue weighted by atomic mass is 16.7. The third-order valence-electron chi connectivity index (χ3n) is 8.40. The number of ether oxygens (including phenoxy) is 3. The van der Waals surface area contributed by atoms with Crippen LogP contribution in [0.4, 0.5) is 26.7 Å².